The Hall–Kier alpha value is -3.86. The van der Waals surface area contributed by atoms with Crippen molar-refractivity contribution in [2.45, 2.75) is 18.9 Å². The Kier molecular flexibility index (Phi) is 5.61. The Morgan fingerprint density at radius 2 is 1.47 bits per heavy atom. The van der Waals surface area contributed by atoms with E-state index in [1.54, 1.807) is 12.1 Å². The summed E-state index contributed by atoms with van der Waals surface area (Å²) in [4.78, 5) is 24.9. The minimum atomic E-state index is -0.611. The van der Waals surface area contributed by atoms with Crippen molar-refractivity contribution in [2.24, 2.45) is 0 Å². The molecule has 0 saturated heterocycles. The Morgan fingerprint density at radius 3 is 2.13 bits per heavy atom. The lowest BCUT2D eigenvalue weighted by atomic mass is 10.0. The number of aliphatic hydroxyl groups excluding tert-OH is 1. The van der Waals surface area contributed by atoms with Crippen LogP contribution in [-0.4, -0.2) is 23.0 Å². The number of carbonyl (C=O) groups is 2. The lowest BCUT2D eigenvalue weighted by Crippen LogP contribution is -2.30. The van der Waals surface area contributed by atoms with Crippen LogP contribution in [0.3, 0.4) is 0 Å². The summed E-state index contributed by atoms with van der Waals surface area (Å²) in [7, 11) is 0. The third-order valence-corrected chi connectivity index (χ3v) is 5.16. The Balaban J connectivity index is 1.43. The lowest BCUT2D eigenvalue weighted by Gasteiger charge is -2.10. The van der Waals surface area contributed by atoms with E-state index < -0.39 is 17.9 Å². The predicted octanol–water partition coefficient (Wildman–Crippen LogP) is 4.24. The highest BCUT2D eigenvalue weighted by atomic mass is 16.3. The SMILES string of the molecule is O=C(Nc1ccc(-c2ccccc2)cc1)C1=C(O)C(CCc2ccccc2)NC1=O. The summed E-state index contributed by atoms with van der Waals surface area (Å²) >= 11 is 0. The second kappa shape index (κ2) is 8.66. The molecule has 5 heteroatoms. The zero-order valence-electron chi connectivity index (χ0n) is 16.3. The van der Waals surface area contributed by atoms with Crippen molar-refractivity contribution in [1.82, 2.24) is 5.32 Å². The molecule has 3 N–H and O–H groups in total. The fourth-order valence-electron chi connectivity index (χ4n) is 3.54. The van der Waals surface area contributed by atoms with Crippen LogP contribution in [0.25, 0.3) is 11.1 Å². The van der Waals surface area contributed by atoms with Gasteiger partial charge in [-0.1, -0.05) is 72.8 Å². The molecule has 1 unspecified atom stereocenters. The fourth-order valence-corrected chi connectivity index (χ4v) is 3.54. The summed E-state index contributed by atoms with van der Waals surface area (Å²) in [6.45, 7) is 0. The van der Waals surface area contributed by atoms with Gasteiger partial charge in [-0.2, -0.15) is 0 Å². The molecular weight excluding hydrogens is 376 g/mol. The largest absolute Gasteiger partial charge is 0.509 e. The van der Waals surface area contributed by atoms with Crippen LogP contribution in [0.15, 0.2) is 96.3 Å². The zero-order valence-corrected chi connectivity index (χ0v) is 16.3. The van der Waals surface area contributed by atoms with Gasteiger partial charge in [0, 0.05) is 5.69 Å². The molecule has 150 valence electrons. The van der Waals surface area contributed by atoms with E-state index in [0.717, 1.165) is 16.7 Å². The summed E-state index contributed by atoms with van der Waals surface area (Å²) in [5.41, 5.74) is 3.54. The minimum absolute atomic E-state index is 0.200. The molecule has 0 saturated carbocycles. The highest BCUT2D eigenvalue weighted by Gasteiger charge is 2.35. The van der Waals surface area contributed by atoms with E-state index in [9.17, 15) is 14.7 Å². The molecule has 0 bridgehead atoms. The molecule has 0 fully saturated rings. The van der Waals surface area contributed by atoms with Gasteiger partial charge in [-0.15, -0.1) is 0 Å². The second-order valence-electron chi connectivity index (χ2n) is 7.21. The summed E-state index contributed by atoms with van der Waals surface area (Å²) in [6, 6.07) is 26.5. The van der Waals surface area contributed by atoms with Gasteiger partial charge < -0.3 is 15.7 Å². The number of carbonyl (C=O) groups excluding carboxylic acids is 2. The van der Waals surface area contributed by atoms with Crippen molar-refractivity contribution < 1.29 is 14.7 Å². The molecule has 1 aliphatic rings. The monoisotopic (exact) mass is 398 g/mol. The molecule has 1 aliphatic heterocycles. The first-order chi connectivity index (χ1) is 14.6. The van der Waals surface area contributed by atoms with Crippen LogP contribution in [0.5, 0.6) is 0 Å². The Bertz CT molecular complexity index is 1070. The van der Waals surface area contributed by atoms with Gasteiger partial charge in [0.05, 0.1) is 6.04 Å². The Labute approximate surface area is 175 Å². The number of hydrogen-bond acceptors (Lipinski definition) is 3. The number of benzene rings is 3. The molecule has 1 heterocycles. The summed E-state index contributed by atoms with van der Waals surface area (Å²) in [5, 5.41) is 15.9. The molecule has 3 aromatic rings. The molecule has 5 nitrogen and oxygen atoms in total. The van der Waals surface area contributed by atoms with Gasteiger partial charge in [-0.25, -0.2) is 0 Å². The zero-order chi connectivity index (χ0) is 20.9. The second-order valence-corrected chi connectivity index (χ2v) is 7.21. The van der Waals surface area contributed by atoms with Crippen molar-refractivity contribution in [3.8, 4) is 11.1 Å². The molecule has 0 spiro atoms. The van der Waals surface area contributed by atoms with Crippen LogP contribution < -0.4 is 10.6 Å². The average Bonchev–Trinajstić information content (AvgIpc) is 3.07. The van der Waals surface area contributed by atoms with E-state index in [1.165, 1.54) is 0 Å². The fraction of sp³-hybridized carbons (Fsp3) is 0.120. The number of amides is 2. The molecular formula is C25H22N2O3. The molecule has 4 rings (SSSR count). The van der Waals surface area contributed by atoms with E-state index in [4.69, 9.17) is 0 Å². The quantitative estimate of drug-likeness (QED) is 0.544. The van der Waals surface area contributed by atoms with Crippen LogP contribution >= 0.6 is 0 Å². The number of anilines is 1. The summed E-state index contributed by atoms with van der Waals surface area (Å²) in [6.07, 6.45) is 1.20. The number of hydrogen-bond donors (Lipinski definition) is 3. The predicted molar refractivity (Wildman–Crippen MR) is 117 cm³/mol. The molecule has 1 atom stereocenters. The Morgan fingerprint density at radius 1 is 0.867 bits per heavy atom. The smallest absolute Gasteiger partial charge is 0.264 e. The van der Waals surface area contributed by atoms with E-state index >= 15 is 0 Å². The maximum absolute atomic E-state index is 12.6. The van der Waals surface area contributed by atoms with Crippen molar-refractivity contribution in [3.63, 3.8) is 0 Å². The summed E-state index contributed by atoms with van der Waals surface area (Å²) < 4.78 is 0. The topological polar surface area (TPSA) is 78.4 Å². The first-order valence-corrected chi connectivity index (χ1v) is 9.86. The third kappa shape index (κ3) is 4.25. The number of nitrogens with one attached hydrogen (secondary N) is 2. The van der Waals surface area contributed by atoms with Gasteiger partial charge in [0.15, 0.2) is 0 Å². The molecule has 3 aromatic carbocycles. The minimum Gasteiger partial charge on any atom is -0.509 e. The van der Waals surface area contributed by atoms with E-state index in [1.807, 2.05) is 72.8 Å². The van der Waals surface area contributed by atoms with Gasteiger partial charge in [0.25, 0.3) is 11.8 Å². The van der Waals surface area contributed by atoms with Gasteiger partial charge in [-0.3, -0.25) is 9.59 Å². The van der Waals surface area contributed by atoms with Gasteiger partial charge in [0.2, 0.25) is 0 Å². The van der Waals surface area contributed by atoms with Crippen LogP contribution in [-0.2, 0) is 16.0 Å². The molecule has 2 amide bonds. The molecule has 0 aliphatic carbocycles. The number of aliphatic hydroxyl groups is 1. The van der Waals surface area contributed by atoms with Crippen molar-refractivity contribution in [2.75, 3.05) is 5.32 Å². The van der Waals surface area contributed by atoms with E-state index in [2.05, 4.69) is 10.6 Å². The highest BCUT2D eigenvalue weighted by Crippen LogP contribution is 2.23. The summed E-state index contributed by atoms with van der Waals surface area (Å²) in [5.74, 6) is -1.36. The lowest BCUT2D eigenvalue weighted by molar-refractivity contribution is -0.120. The van der Waals surface area contributed by atoms with E-state index in [0.29, 0.717) is 18.5 Å². The van der Waals surface area contributed by atoms with Crippen LogP contribution in [0, 0.1) is 0 Å². The number of aryl methyl sites for hydroxylation is 1. The first-order valence-electron chi connectivity index (χ1n) is 9.86. The highest BCUT2D eigenvalue weighted by molar-refractivity contribution is 6.24. The molecule has 0 radical (unpaired) electrons. The van der Waals surface area contributed by atoms with Crippen LogP contribution in [0.1, 0.15) is 12.0 Å². The van der Waals surface area contributed by atoms with E-state index in [-0.39, 0.29) is 11.3 Å². The van der Waals surface area contributed by atoms with Crippen molar-refractivity contribution in [1.29, 1.82) is 0 Å². The normalized spacial score (nSPS) is 15.7. The first kappa shape index (κ1) is 19.5. The maximum atomic E-state index is 12.6. The van der Waals surface area contributed by atoms with Crippen molar-refractivity contribution >= 4 is 17.5 Å². The van der Waals surface area contributed by atoms with Gasteiger partial charge in [0.1, 0.15) is 11.3 Å². The maximum Gasteiger partial charge on any atom is 0.264 e. The van der Waals surface area contributed by atoms with Gasteiger partial charge >= 0.3 is 0 Å². The third-order valence-electron chi connectivity index (χ3n) is 5.16. The van der Waals surface area contributed by atoms with Crippen LogP contribution in [0.4, 0.5) is 5.69 Å². The molecule has 30 heavy (non-hydrogen) atoms. The standard InChI is InChI=1S/C25H22N2O3/c28-23-21(16-11-17-7-3-1-4-8-17)27-25(30)22(23)24(29)26-20-14-12-19(13-15-20)18-9-5-2-6-10-18/h1-10,12-15,21,28H,11,16H2,(H,26,29)(H,27,30). The van der Waals surface area contributed by atoms with Crippen LogP contribution in [0.2, 0.25) is 0 Å². The van der Waals surface area contributed by atoms with Crippen molar-refractivity contribution in [3.05, 3.63) is 102 Å². The number of rotatable bonds is 6. The average molecular weight is 398 g/mol. The van der Waals surface area contributed by atoms with Gasteiger partial charge in [-0.05, 0) is 41.7 Å². The molecule has 0 aromatic heterocycles.